The van der Waals surface area contributed by atoms with E-state index in [0.29, 0.717) is 5.92 Å². The number of hydrogen-bond acceptors (Lipinski definition) is 1. The lowest BCUT2D eigenvalue weighted by Gasteiger charge is -2.26. The van der Waals surface area contributed by atoms with E-state index in [2.05, 4.69) is 502 Å². The standard InChI is InChI=1S/C53H40N2.C49H31N.C42H24N2/c1-5-9-32-14-21-40(22-15-32)55-48-24-19-34(27-45(48)52-41-12-7-6-10-33(41)18-25-49(52)55)37-17-23-47(54-31-37)38-26-36-11-8-13-42-44-28-35-16-20-39(53(2,3)4)30-43(35)51(44)46(29-38)50(36)42;1-2-11-32(12-3-1)50-44-19-7-6-14-39(44)48-41-27-25-34(37-16-9-18-42(47(37)41)49(48)50)30-22-20-29(21-23-30)33-24-26-40-45-35-13-5-4-10-31(35)28-43(45)38-17-8-15-36(33)46(38)40;1-2-10-24(11-3-1)44-36-19-7-5-13-30(36)40-32-23-21-26(28-15-9-17-34(38(28)32)42(40)44)25-20-22-31-37-27(25)14-8-16-33(37)41-39(31)29-12-4-6-18-35(29)43-41/h5-27,29-31H,28H2,1-4H3;1-23,25-27,33H,24,28H2;1-23,43H/b9-5+;;. The van der Waals surface area contributed by atoms with E-state index in [0.717, 1.165) is 47.3 Å². The Balaban J connectivity index is 0.0000000994. The van der Waals surface area contributed by atoms with Gasteiger partial charge in [0.15, 0.2) is 0 Å². The number of hydrogen-bond donors (Lipinski definition) is 1. The van der Waals surface area contributed by atoms with E-state index >= 15 is 0 Å². The number of fused-ring (bicyclic) bond motifs is 28. The minimum atomic E-state index is 0.0976. The lowest BCUT2D eigenvalue weighted by molar-refractivity contribution is 0.590. The molecule has 0 spiro atoms. The van der Waals surface area contributed by atoms with Crippen molar-refractivity contribution in [2.75, 3.05) is 0 Å². The largest absolute Gasteiger partial charge is 0.354 e. The SMILES string of the molecule is C/C=C/c1ccc(-n2c3ccc(-c4ccc(-c5cc6c7c(cccc7c5)C5=C6c6cc(C(C)(C)C)ccc6C5)nc4)cc3c3c4ccccc4ccc32)cc1.C1=C2C3=C(Cc4ccccc43)c3cccc(c32)C(c2ccc(-c3ccc4c5c(cccc35)-c3c-4c4ccccc4n3-c3ccccc3)cc2)C1.c1ccc(-n2c3c(c4ccccc42)-c2ccc(-c4ccc5c6c(cccc46)-c4[nH]c6ccccc6c4-5)c4cccc-3c24)cc1. The van der Waals surface area contributed by atoms with E-state index < -0.39 is 0 Å². The molecule has 0 amide bonds. The zero-order chi connectivity index (χ0) is 98.0. The van der Waals surface area contributed by atoms with Crippen molar-refractivity contribution in [3.63, 3.8) is 0 Å². The molecule has 5 nitrogen and oxygen atoms in total. The summed E-state index contributed by atoms with van der Waals surface area (Å²) in [6, 6.07) is 160. The molecule has 0 saturated heterocycles. The van der Waals surface area contributed by atoms with E-state index in [-0.39, 0.29) is 5.41 Å². The lowest BCUT2D eigenvalue weighted by atomic mass is 9.77. The molecule has 0 radical (unpaired) electrons. The number of aromatic amines is 1. The van der Waals surface area contributed by atoms with Gasteiger partial charge in [0.25, 0.3) is 0 Å². The summed E-state index contributed by atoms with van der Waals surface area (Å²) in [5.41, 5.74) is 59.3. The molecule has 0 aliphatic heterocycles. The van der Waals surface area contributed by atoms with Gasteiger partial charge < -0.3 is 18.7 Å². The lowest BCUT2D eigenvalue weighted by Crippen LogP contribution is -2.11. The molecule has 8 aliphatic carbocycles. The van der Waals surface area contributed by atoms with Gasteiger partial charge in [0.1, 0.15) is 0 Å². The second kappa shape index (κ2) is 31.7. The number of nitrogens with one attached hydrogen (secondary N) is 1. The highest BCUT2D eigenvalue weighted by Gasteiger charge is 2.41. The number of H-pyrrole nitrogens is 1. The first kappa shape index (κ1) is 83.9. The van der Waals surface area contributed by atoms with Crippen molar-refractivity contribution in [2.45, 2.75) is 58.3 Å². The van der Waals surface area contributed by atoms with Crippen LogP contribution in [0.1, 0.15) is 107 Å². The molecule has 1 N–H and O–H groups in total. The smallest absolute Gasteiger partial charge is 0.0702 e. The highest BCUT2D eigenvalue weighted by Crippen LogP contribution is 2.62. The van der Waals surface area contributed by atoms with Gasteiger partial charge in [0.05, 0.1) is 44.8 Å². The van der Waals surface area contributed by atoms with E-state index in [1.807, 2.05) is 0 Å². The average molecular weight is 1900 g/mol. The number of para-hydroxylation sites is 5. The molecule has 0 fully saturated rings. The fourth-order valence-corrected chi connectivity index (χ4v) is 27.6. The second-order valence-corrected chi connectivity index (χ2v) is 42.7. The third-order valence-corrected chi connectivity index (χ3v) is 34.0. The number of pyridine rings is 1. The fourth-order valence-electron chi connectivity index (χ4n) is 27.6. The Hall–Kier alpha value is -18.6. The second-order valence-electron chi connectivity index (χ2n) is 42.7. The topological polar surface area (TPSA) is 43.5 Å². The van der Waals surface area contributed by atoms with Crippen LogP contribution in [-0.2, 0) is 18.3 Å². The zero-order valence-corrected chi connectivity index (χ0v) is 82.8. The Morgan fingerprint density at radius 2 is 0.846 bits per heavy atom. The molecule has 0 bridgehead atoms. The van der Waals surface area contributed by atoms with E-state index in [1.54, 1.807) is 0 Å². The molecular formula is C144H95N5. The molecule has 5 heteroatoms. The fraction of sp³-hybridized carbons (Fsp3) is 0.0625. The molecule has 5 heterocycles. The van der Waals surface area contributed by atoms with E-state index in [4.69, 9.17) is 4.98 Å². The number of aromatic nitrogens is 5. The van der Waals surface area contributed by atoms with Crippen LogP contribution in [0.15, 0.2) is 449 Å². The van der Waals surface area contributed by atoms with Crippen LogP contribution in [0.25, 0.3) is 271 Å². The highest BCUT2D eigenvalue weighted by atomic mass is 15.0. The zero-order valence-electron chi connectivity index (χ0n) is 82.8. The number of nitrogens with zero attached hydrogens (tertiary/aromatic N) is 4. The predicted molar refractivity (Wildman–Crippen MR) is 627 cm³/mol. The van der Waals surface area contributed by atoms with E-state index in [9.17, 15) is 0 Å². The van der Waals surface area contributed by atoms with Crippen LogP contribution in [0.2, 0.25) is 0 Å². The highest BCUT2D eigenvalue weighted by molar-refractivity contribution is 6.31. The quantitative estimate of drug-likeness (QED) is 0.154. The van der Waals surface area contributed by atoms with Gasteiger partial charge in [-0.3, -0.25) is 4.98 Å². The van der Waals surface area contributed by atoms with Crippen LogP contribution in [0.5, 0.6) is 0 Å². The van der Waals surface area contributed by atoms with Gasteiger partial charge in [0.2, 0.25) is 0 Å². The van der Waals surface area contributed by atoms with Crippen molar-refractivity contribution in [1.82, 2.24) is 23.7 Å². The molecule has 0 saturated carbocycles. The molecule has 149 heavy (non-hydrogen) atoms. The van der Waals surface area contributed by atoms with Crippen molar-refractivity contribution in [1.29, 1.82) is 0 Å². The maximum atomic E-state index is 5.14. The summed E-state index contributed by atoms with van der Waals surface area (Å²) in [7, 11) is 0. The van der Waals surface area contributed by atoms with Crippen molar-refractivity contribution in [3.05, 3.63) is 516 Å². The summed E-state index contributed by atoms with van der Waals surface area (Å²) in [5, 5.41) is 19.6. The molecule has 696 valence electrons. The monoisotopic (exact) mass is 1890 g/mol. The normalized spacial score (nSPS) is 14.1. The first-order chi connectivity index (χ1) is 73.5. The first-order valence-corrected chi connectivity index (χ1v) is 52.6. The number of rotatable bonds is 9. The minimum absolute atomic E-state index is 0.0976. The molecule has 8 aliphatic rings. The van der Waals surface area contributed by atoms with Gasteiger partial charge in [-0.2, -0.15) is 0 Å². The molecule has 1 atom stereocenters. The third kappa shape index (κ3) is 12.1. The minimum Gasteiger partial charge on any atom is -0.354 e. The summed E-state index contributed by atoms with van der Waals surface area (Å²) in [4.78, 5) is 8.88. The summed E-state index contributed by atoms with van der Waals surface area (Å²) >= 11 is 0. The van der Waals surface area contributed by atoms with Crippen LogP contribution in [0, 0.1) is 0 Å². The summed E-state index contributed by atoms with van der Waals surface area (Å²) in [6.07, 6.45) is 11.9. The maximum absolute atomic E-state index is 5.14. The maximum Gasteiger partial charge on any atom is 0.0702 e. The van der Waals surface area contributed by atoms with Crippen molar-refractivity contribution in [3.8, 4) is 129 Å². The molecule has 26 aromatic rings. The first-order valence-electron chi connectivity index (χ1n) is 52.6. The van der Waals surface area contributed by atoms with Crippen molar-refractivity contribution >= 4 is 142 Å². The van der Waals surface area contributed by atoms with Crippen LogP contribution in [0.4, 0.5) is 0 Å². The van der Waals surface area contributed by atoms with E-state index in [1.165, 1.54) is 304 Å². The number of benzene rings is 21. The van der Waals surface area contributed by atoms with Crippen LogP contribution in [0.3, 0.4) is 0 Å². The third-order valence-electron chi connectivity index (χ3n) is 34.0. The van der Waals surface area contributed by atoms with Gasteiger partial charge in [-0.05, 0) is 316 Å². The van der Waals surface area contributed by atoms with Gasteiger partial charge >= 0.3 is 0 Å². The Labute approximate surface area is 862 Å². The molecular weight excluding hydrogens is 1800 g/mol. The molecule has 1 unspecified atom stereocenters. The van der Waals surface area contributed by atoms with Crippen molar-refractivity contribution in [2.24, 2.45) is 0 Å². The van der Waals surface area contributed by atoms with Gasteiger partial charge in [-0.15, -0.1) is 0 Å². The van der Waals surface area contributed by atoms with Gasteiger partial charge in [-0.1, -0.05) is 379 Å². The Kier molecular flexibility index (Phi) is 17.9. The molecule has 5 aromatic heterocycles. The Morgan fingerprint density at radius 3 is 1.54 bits per heavy atom. The summed E-state index contributed by atoms with van der Waals surface area (Å²) < 4.78 is 7.32. The van der Waals surface area contributed by atoms with Crippen molar-refractivity contribution < 1.29 is 0 Å². The van der Waals surface area contributed by atoms with Crippen LogP contribution < -0.4 is 0 Å². The van der Waals surface area contributed by atoms with Gasteiger partial charge in [0, 0.05) is 106 Å². The average Bonchev–Trinajstić information content (AvgIpc) is 1.52. The van der Waals surface area contributed by atoms with Crippen LogP contribution in [-0.4, -0.2) is 23.7 Å². The Bertz CT molecular complexity index is 10600. The number of allylic oxidation sites excluding steroid dienone is 6. The summed E-state index contributed by atoms with van der Waals surface area (Å²) in [6.45, 7) is 8.98. The molecule has 34 rings (SSSR count). The molecule has 21 aromatic carbocycles. The predicted octanol–water partition coefficient (Wildman–Crippen LogP) is 37.9. The Morgan fingerprint density at radius 1 is 0.309 bits per heavy atom. The van der Waals surface area contributed by atoms with Crippen LogP contribution >= 0.6 is 0 Å². The van der Waals surface area contributed by atoms with Gasteiger partial charge in [-0.25, -0.2) is 0 Å². The summed E-state index contributed by atoms with van der Waals surface area (Å²) in [5.74, 6) is 0.363.